The number of amides is 2. The third kappa shape index (κ3) is 5.38. The maximum atomic E-state index is 13.7. The molecule has 2 heterocycles. The van der Waals surface area contributed by atoms with Crippen molar-refractivity contribution in [3.8, 4) is 0 Å². The number of carbonyl (C=O) groups excluding carboxylic acids is 2. The van der Waals surface area contributed by atoms with Gasteiger partial charge in [-0.25, -0.2) is 4.39 Å². The van der Waals surface area contributed by atoms with Gasteiger partial charge in [0.1, 0.15) is 5.82 Å². The molecule has 0 unspecified atom stereocenters. The quantitative estimate of drug-likeness (QED) is 0.645. The van der Waals surface area contributed by atoms with Gasteiger partial charge in [0.25, 0.3) is 5.91 Å². The zero-order valence-corrected chi connectivity index (χ0v) is 17.8. The van der Waals surface area contributed by atoms with Gasteiger partial charge in [-0.15, -0.1) is 0 Å². The molecule has 32 heavy (non-hydrogen) atoms. The minimum absolute atomic E-state index is 0.0361. The third-order valence-electron chi connectivity index (χ3n) is 5.86. The van der Waals surface area contributed by atoms with Crippen LogP contribution < -0.4 is 5.32 Å². The van der Waals surface area contributed by atoms with E-state index < -0.39 is 5.82 Å². The monoisotopic (exact) mass is 431 g/mol. The molecule has 1 N–H and O–H groups in total. The Bertz CT molecular complexity index is 1060. The Hall–Kier alpha value is -3.54. The van der Waals surface area contributed by atoms with E-state index in [2.05, 4.69) is 10.3 Å². The number of hydrogen-bond acceptors (Lipinski definition) is 3. The van der Waals surface area contributed by atoms with Gasteiger partial charge >= 0.3 is 0 Å². The SMILES string of the molecule is O=C(NCCc1ccccn1)[C@@H]1C[C@H](c2ccccc2)CN(C(=O)c2cccc(F)c2)C1. The maximum absolute atomic E-state index is 13.7. The predicted molar refractivity (Wildman–Crippen MR) is 121 cm³/mol. The number of halogens is 1. The zero-order valence-electron chi connectivity index (χ0n) is 17.8. The van der Waals surface area contributed by atoms with E-state index in [0.29, 0.717) is 38.0 Å². The van der Waals surface area contributed by atoms with Crippen LogP contribution in [0, 0.1) is 11.7 Å². The molecule has 0 radical (unpaired) electrons. The summed E-state index contributed by atoms with van der Waals surface area (Å²) in [6.07, 6.45) is 3.04. The van der Waals surface area contributed by atoms with Gasteiger partial charge in [0.2, 0.25) is 5.91 Å². The normalized spacial score (nSPS) is 18.2. The van der Waals surface area contributed by atoms with Gasteiger partial charge in [-0.2, -0.15) is 0 Å². The molecule has 2 aromatic carbocycles. The summed E-state index contributed by atoms with van der Waals surface area (Å²) >= 11 is 0. The van der Waals surface area contributed by atoms with Crippen molar-refractivity contribution in [1.29, 1.82) is 0 Å². The number of piperidine rings is 1. The van der Waals surface area contributed by atoms with Gasteiger partial charge in [-0.1, -0.05) is 42.5 Å². The highest BCUT2D eigenvalue weighted by Gasteiger charge is 2.34. The fourth-order valence-corrected chi connectivity index (χ4v) is 4.23. The van der Waals surface area contributed by atoms with E-state index >= 15 is 0 Å². The Morgan fingerprint density at radius 2 is 1.81 bits per heavy atom. The van der Waals surface area contributed by atoms with Crippen LogP contribution in [-0.4, -0.2) is 41.3 Å². The topological polar surface area (TPSA) is 62.3 Å². The molecule has 1 fully saturated rings. The second kappa shape index (κ2) is 10.2. The lowest BCUT2D eigenvalue weighted by Crippen LogP contribution is -2.48. The molecule has 164 valence electrons. The Morgan fingerprint density at radius 3 is 2.56 bits per heavy atom. The van der Waals surface area contributed by atoms with Crippen molar-refractivity contribution in [3.63, 3.8) is 0 Å². The molecule has 3 aromatic rings. The second-order valence-electron chi connectivity index (χ2n) is 8.12. The van der Waals surface area contributed by atoms with Crippen molar-refractivity contribution in [2.45, 2.75) is 18.8 Å². The molecule has 0 bridgehead atoms. The lowest BCUT2D eigenvalue weighted by Gasteiger charge is -2.37. The molecule has 6 heteroatoms. The van der Waals surface area contributed by atoms with Crippen LogP contribution >= 0.6 is 0 Å². The summed E-state index contributed by atoms with van der Waals surface area (Å²) in [5.41, 5.74) is 2.31. The van der Waals surface area contributed by atoms with Crippen LogP contribution in [0.1, 0.15) is 34.0 Å². The number of pyridine rings is 1. The van der Waals surface area contributed by atoms with Crippen LogP contribution in [0.5, 0.6) is 0 Å². The number of hydrogen-bond donors (Lipinski definition) is 1. The van der Waals surface area contributed by atoms with Gasteiger partial charge in [-0.05, 0) is 42.3 Å². The number of benzene rings is 2. The first-order valence-electron chi connectivity index (χ1n) is 10.9. The lowest BCUT2D eigenvalue weighted by atomic mass is 9.83. The number of nitrogens with zero attached hydrogens (tertiary/aromatic N) is 2. The van der Waals surface area contributed by atoms with Crippen LogP contribution in [0.2, 0.25) is 0 Å². The van der Waals surface area contributed by atoms with Crippen molar-refractivity contribution in [1.82, 2.24) is 15.2 Å². The summed E-state index contributed by atoms with van der Waals surface area (Å²) in [6, 6.07) is 21.3. The minimum atomic E-state index is -0.448. The summed E-state index contributed by atoms with van der Waals surface area (Å²) < 4.78 is 13.7. The highest BCUT2D eigenvalue weighted by atomic mass is 19.1. The number of likely N-dealkylation sites (tertiary alicyclic amines) is 1. The van der Waals surface area contributed by atoms with E-state index in [1.54, 1.807) is 17.2 Å². The van der Waals surface area contributed by atoms with Crippen molar-refractivity contribution < 1.29 is 14.0 Å². The molecule has 1 aliphatic heterocycles. The molecular formula is C26H26FN3O2. The van der Waals surface area contributed by atoms with Crippen LogP contribution in [-0.2, 0) is 11.2 Å². The molecule has 5 nitrogen and oxygen atoms in total. The first kappa shape index (κ1) is 21.7. The molecule has 0 aliphatic carbocycles. The third-order valence-corrected chi connectivity index (χ3v) is 5.86. The zero-order chi connectivity index (χ0) is 22.3. The number of carbonyl (C=O) groups is 2. The lowest BCUT2D eigenvalue weighted by molar-refractivity contribution is -0.126. The summed E-state index contributed by atoms with van der Waals surface area (Å²) in [7, 11) is 0. The second-order valence-corrected chi connectivity index (χ2v) is 8.12. The van der Waals surface area contributed by atoms with E-state index in [4.69, 9.17) is 0 Å². The Labute approximate surface area is 187 Å². The molecular weight excluding hydrogens is 405 g/mol. The summed E-state index contributed by atoms with van der Waals surface area (Å²) in [4.78, 5) is 32.1. The Balaban J connectivity index is 1.47. The predicted octanol–water partition coefficient (Wildman–Crippen LogP) is 3.83. The molecule has 1 saturated heterocycles. The van der Waals surface area contributed by atoms with Gasteiger partial charge in [0.05, 0.1) is 5.92 Å². The standard InChI is InChI=1S/C26H26FN3O2/c27-23-10-6-9-20(16-23)26(32)30-17-21(19-7-2-1-3-8-19)15-22(18-30)25(31)29-14-12-24-11-4-5-13-28-24/h1-11,13,16,21-22H,12,14-15,17-18H2,(H,29,31)/t21-,22+/m0/s1. The highest BCUT2D eigenvalue weighted by Crippen LogP contribution is 2.31. The van der Waals surface area contributed by atoms with E-state index in [1.807, 2.05) is 48.5 Å². The summed E-state index contributed by atoms with van der Waals surface area (Å²) in [5, 5.41) is 3.00. The molecule has 0 spiro atoms. The van der Waals surface area contributed by atoms with Gasteiger partial charge in [0.15, 0.2) is 0 Å². The van der Waals surface area contributed by atoms with Crippen LogP contribution in [0.25, 0.3) is 0 Å². The molecule has 0 saturated carbocycles. The van der Waals surface area contributed by atoms with E-state index in [0.717, 1.165) is 11.3 Å². The molecule has 1 aliphatic rings. The number of nitrogens with one attached hydrogen (secondary N) is 1. The van der Waals surface area contributed by atoms with Crippen LogP contribution in [0.15, 0.2) is 79.0 Å². The molecule has 2 atom stereocenters. The van der Waals surface area contributed by atoms with Crippen molar-refractivity contribution >= 4 is 11.8 Å². The largest absolute Gasteiger partial charge is 0.355 e. The van der Waals surface area contributed by atoms with Crippen LogP contribution in [0.4, 0.5) is 4.39 Å². The fourth-order valence-electron chi connectivity index (χ4n) is 4.23. The summed E-state index contributed by atoms with van der Waals surface area (Å²) in [6.45, 7) is 1.30. The number of aromatic nitrogens is 1. The highest BCUT2D eigenvalue weighted by molar-refractivity contribution is 5.94. The first-order valence-corrected chi connectivity index (χ1v) is 10.9. The van der Waals surface area contributed by atoms with E-state index in [9.17, 15) is 14.0 Å². The number of rotatable bonds is 6. The van der Waals surface area contributed by atoms with Crippen molar-refractivity contribution in [2.24, 2.45) is 5.92 Å². The average molecular weight is 432 g/mol. The van der Waals surface area contributed by atoms with Gasteiger partial charge in [0, 0.05) is 49.4 Å². The van der Waals surface area contributed by atoms with E-state index in [1.165, 1.54) is 18.2 Å². The minimum Gasteiger partial charge on any atom is -0.355 e. The fraction of sp³-hybridized carbons (Fsp3) is 0.269. The van der Waals surface area contributed by atoms with Crippen molar-refractivity contribution in [2.75, 3.05) is 19.6 Å². The van der Waals surface area contributed by atoms with Gasteiger partial charge in [-0.3, -0.25) is 14.6 Å². The maximum Gasteiger partial charge on any atom is 0.253 e. The summed E-state index contributed by atoms with van der Waals surface area (Å²) in [5.74, 6) is -1.07. The molecule has 2 amide bonds. The molecule has 4 rings (SSSR count). The first-order chi connectivity index (χ1) is 15.6. The Kier molecular flexibility index (Phi) is 6.90. The average Bonchev–Trinajstić information content (AvgIpc) is 2.84. The van der Waals surface area contributed by atoms with Crippen LogP contribution in [0.3, 0.4) is 0 Å². The smallest absolute Gasteiger partial charge is 0.253 e. The molecule has 1 aromatic heterocycles. The van der Waals surface area contributed by atoms with E-state index in [-0.39, 0.29) is 23.7 Å². The van der Waals surface area contributed by atoms with Crippen molar-refractivity contribution in [3.05, 3.63) is 102 Å². The Morgan fingerprint density at radius 1 is 1.00 bits per heavy atom. The van der Waals surface area contributed by atoms with Gasteiger partial charge < -0.3 is 10.2 Å².